The summed E-state index contributed by atoms with van der Waals surface area (Å²) in [5, 5.41) is 0. The molecule has 0 unspecified atom stereocenters. The summed E-state index contributed by atoms with van der Waals surface area (Å²) in [6.45, 7) is 0. The Hall–Kier alpha value is -2.36. The maximum Gasteiger partial charge on any atom is 0.433 e. The average molecular weight is 333 g/mol. The minimum absolute atomic E-state index is 0.0788. The van der Waals surface area contributed by atoms with Gasteiger partial charge in [0.1, 0.15) is 10.6 Å². The first-order chi connectivity index (χ1) is 10.2. The van der Waals surface area contributed by atoms with Crippen molar-refractivity contribution in [1.82, 2.24) is 9.97 Å². The summed E-state index contributed by atoms with van der Waals surface area (Å²) in [4.78, 5) is 6.48. The molecule has 0 aliphatic heterocycles. The second-order valence-electron chi connectivity index (χ2n) is 4.04. The van der Waals surface area contributed by atoms with Gasteiger partial charge in [-0.05, 0) is 24.3 Å². The van der Waals surface area contributed by atoms with E-state index in [4.69, 9.17) is 4.74 Å². The molecule has 0 radical (unpaired) electrons. The van der Waals surface area contributed by atoms with Crippen LogP contribution in [0.3, 0.4) is 0 Å². The maximum absolute atomic E-state index is 12.4. The zero-order chi connectivity index (χ0) is 16.4. The number of aromatic nitrogens is 2. The summed E-state index contributed by atoms with van der Waals surface area (Å²) in [7, 11) is -2.80. The van der Waals surface area contributed by atoms with E-state index in [1.807, 2.05) is 0 Å². The standard InChI is InChI=1S/C12H10F3N3O3S/c1-21-9-3-2-6-16-11(9)18-22(19,20)8-4-5-10(17-7-8)12(13,14)15/h2-7H,1H3,(H,16,18). The van der Waals surface area contributed by atoms with Crippen LogP contribution in [0.15, 0.2) is 41.6 Å². The minimum Gasteiger partial charge on any atom is -0.493 e. The number of halogens is 3. The normalized spacial score (nSPS) is 12.0. The first-order valence-electron chi connectivity index (χ1n) is 5.79. The number of anilines is 1. The number of nitrogens with one attached hydrogen (secondary N) is 1. The quantitative estimate of drug-likeness (QED) is 0.928. The molecule has 0 saturated carbocycles. The Labute approximate surface area is 124 Å². The minimum atomic E-state index is -4.64. The molecule has 2 heterocycles. The van der Waals surface area contributed by atoms with Crippen LogP contribution in [0.4, 0.5) is 19.0 Å². The van der Waals surface area contributed by atoms with Crippen molar-refractivity contribution < 1.29 is 26.3 Å². The first-order valence-corrected chi connectivity index (χ1v) is 7.27. The van der Waals surface area contributed by atoms with E-state index in [9.17, 15) is 21.6 Å². The van der Waals surface area contributed by atoms with Gasteiger partial charge in [-0.2, -0.15) is 13.2 Å². The van der Waals surface area contributed by atoms with E-state index < -0.39 is 26.8 Å². The molecule has 22 heavy (non-hydrogen) atoms. The highest BCUT2D eigenvalue weighted by molar-refractivity contribution is 7.92. The van der Waals surface area contributed by atoms with Crippen LogP contribution in [0, 0.1) is 0 Å². The molecular weight excluding hydrogens is 323 g/mol. The molecule has 0 aliphatic carbocycles. The van der Waals surface area contributed by atoms with Crippen LogP contribution in [0.25, 0.3) is 0 Å². The van der Waals surface area contributed by atoms with Gasteiger partial charge >= 0.3 is 6.18 Å². The van der Waals surface area contributed by atoms with E-state index in [2.05, 4.69) is 14.7 Å². The number of sulfonamides is 1. The Kier molecular flexibility index (Phi) is 4.22. The third kappa shape index (κ3) is 3.45. The van der Waals surface area contributed by atoms with E-state index in [1.54, 1.807) is 0 Å². The lowest BCUT2D eigenvalue weighted by Gasteiger charge is -2.11. The maximum atomic E-state index is 12.4. The molecule has 0 aliphatic rings. The number of methoxy groups -OCH3 is 1. The van der Waals surface area contributed by atoms with E-state index >= 15 is 0 Å². The molecule has 0 spiro atoms. The molecule has 0 fully saturated rings. The summed E-state index contributed by atoms with van der Waals surface area (Å²) >= 11 is 0. The monoisotopic (exact) mass is 333 g/mol. The van der Waals surface area contributed by atoms with Gasteiger partial charge in [-0.1, -0.05) is 0 Å². The Morgan fingerprint density at radius 3 is 2.45 bits per heavy atom. The molecule has 0 bridgehead atoms. The number of ether oxygens (including phenoxy) is 1. The van der Waals surface area contributed by atoms with Gasteiger partial charge in [-0.15, -0.1) is 0 Å². The van der Waals surface area contributed by atoms with E-state index in [0.717, 1.165) is 6.07 Å². The van der Waals surface area contributed by atoms with Crippen LogP contribution in [0.1, 0.15) is 5.69 Å². The number of nitrogens with zero attached hydrogens (tertiary/aromatic N) is 2. The zero-order valence-corrected chi connectivity index (χ0v) is 11.9. The lowest BCUT2D eigenvalue weighted by molar-refractivity contribution is -0.141. The second-order valence-corrected chi connectivity index (χ2v) is 5.72. The molecule has 10 heteroatoms. The fourth-order valence-corrected chi connectivity index (χ4v) is 2.49. The Morgan fingerprint density at radius 1 is 1.18 bits per heavy atom. The predicted molar refractivity (Wildman–Crippen MR) is 70.8 cm³/mol. The molecule has 2 rings (SSSR count). The van der Waals surface area contributed by atoms with E-state index in [-0.39, 0.29) is 11.6 Å². The van der Waals surface area contributed by atoms with Crippen molar-refractivity contribution in [2.75, 3.05) is 11.8 Å². The van der Waals surface area contributed by atoms with Crippen LogP contribution in [0.2, 0.25) is 0 Å². The number of pyridine rings is 2. The highest BCUT2D eigenvalue weighted by Gasteiger charge is 2.32. The number of hydrogen-bond acceptors (Lipinski definition) is 5. The summed E-state index contributed by atoms with van der Waals surface area (Å²) in [6.07, 6.45) is -2.67. The van der Waals surface area contributed by atoms with Crippen molar-refractivity contribution >= 4 is 15.8 Å². The van der Waals surface area contributed by atoms with E-state index in [1.165, 1.54) is 25.4 Å². The van der Waals surface area contributed by atoms with E-state index in [0.29, 0.717) is 12.3 Å². The van der Waals surface area contributed by atoms with Gasteiger partial charge in [-0.3, -0.25) is 9.71 Å². The molecule has 1 N–H and O–H groups in total. The van der Waals surface area contributed by atoms with Crippen LogP contribution in [-0.4, -0.2) is 25.5 Å². The van der Waals surface area contributed by atoms with Gasteiger partial charge in [0, 0.05) is 12.4 Å². The van der Waals surface area contributed by atoms with Crippen molar-refractivity contribution in [2.24, 2.45) is 0 Å². The number of hydrogen-bond donors (Lipinski definition) is 1. The van der Waals surface area contributed by atoms with Gasteiger partial charge in [0.25, 0.3) is 10.0 Å². The largest absolute Gasteiger partial charge is 0.493 e. The van der Waals surface area contributed by atoms with Gasteiger partial charge < -0.3 is 4.74 Å². The van der Waals surface area contributed by atoms with Crippen LogP contribution in [-0.2, 0) is 16.2 Å². The van der Waals surface area contributed by atoms with Crippen molar-refractivity contribution in [3.05, 3.63) is 42.4 Å². The van der Waals surface area contributed by atoms with Crippen LogP contribution in [0.5, 0.6) is 5.75 Å². The Balaban J connectivity index is 2.31. The fraction of sp³-hybridized carbons (Fsp3) is 0.167. The molecular formula is C12H10F3N3O3S. The lowest BCUT2D eigenvalue weighted by atomic mass is 10.3. The van der Waals surface area contributed by atoms with Gasteiger partial charge in [0.2, 0.25) is 0 Å². The summed E-state index contributed by atoms with van der Waals surface area (Å²) in [6, 6.07) is 4.42. The summed E-state index contributed by atoms with van der Waals surface area (Å²) < 4.78 is 68.5. The molecule has 6 nitrogen and oxygen atoms in total. The van der Waals surface area contributed by atoms with Crippen molar-refractivity contribution in [3.63, 3.8) is 0 Å². The third-order valence-electron chi connectivity index (χ3n) is 2.56. The fourth-order valence-electron chi connectivity index (χ4n) is 1.53. The van der Waals surface area contributed by atoms with Crippen LogP contribution < -0.4 is 9.46 Å². The highest BCUT2D eigenvalue weighted by Crippen LogP contribution is 2.28. The smallest absolute Gasteiger partial charge is 0.433 e. The van der Waals surface area contributed by atoms with Crippen LogP contribution >= 0.6 is 0 Å². The van der Waals surface area contributed by atoms with Crippen molar-refractivity contribution in [3.8, 4) is 5.75 Å². The summed E-state index contributed by atoms with van der Waals surface area (Å²) in [5.74, 6) is 0.0934. The third-order valence-corrected chi connectivity index (χ3v) is 3.88. The Morgan fingerprint density at radius 2 is 1.91 bits per heavy atom. The molecule has 0 saturated heterocycles. The zero-order valence-electron chi connectivity index (χ0n) is 11.1. The number of alkyl halides is 3. The molecule has 0 amide bonds. The molecule has 2 aromatic rings. The Bertz CT molecular complexity index is 761. The lowest BCUT2D eigenvalue weighted by Crippen LogP contribution is -2.16. The second kappa shape index (κ2) is 5.79. The van der Waals surface area contributed by atoms with Gasteiger partial charge in [0.05, 0.1) is 7.11 Å². The van der Waals surface area contributed by atoms with Gasteiger partial charge in [0.15, 0.2) is 11.6 Å². The van der Waals surface area contributed by atoms with Gasteiger partial charge in [-0.25, -0.2) is 13.4 Å². The van der Waals surface area contributed by atoms with Crippen molar-refractivity contribution in [1.29, 1.82) is 0 Å². The average Bonchev–Trinajstić information content (AvgIpc) is 2.47. The summed E-state index contributed by atoms with van der Waals surface area (Å²) in [5.41, 5.74) is -1.18. The van der Waals surface area contributed by atoms with Crippen molar-refractivity contribution in [2.45, 2.75) is 11.1 Å². The predicted octanol–water partition coefficient (Wildman–Crippen LogP) is 2.30. The first kappa shape index (κ1) is 16.0. The number of rotatable bonds is 4. The molecule has 2 aromatic heterocycles. The molecule has 118 valence electrons. The SMILES string of the molecule is COc1cccnc1NS(=O)(=O)c1ccc(C(F)(F)F)nc1. The topological polar surface area (TPSA) is 81.2 Å². The molecule has 0 atom stereocenters. The highest BCUT2D eigenvalue weighted by atomic mass is 32.2. The molecule has 0 aromatic carbocycles.